The summed E-state index contributed by atoms with van der Waals surface area (Å²) < 4.78 is 1.61. The molecule has 39 heavy (non-hydrogen) atoms. The van der Waals surface area contributed by atoms with Gasteiger partial charge in [0.25, 0.3) is 11.5 Å². The lowest BCUT2D eigenvalue weighted by Crippen LogP contribution is -2.24. The van der Waals surface area contributed by atoms with Gasteiger partial charge in [-0.2, -0.15) is 5.10 Å². The molecule has 202 valence electrons. The van der Waals surface area contributed by atoms with Crippen LogP contribution in [-0.4, -0.2) is 45.6 Å². The standard InChI is InChI=1S/C29H31N5O3S2/c1-3-33(4-2)21-15-14-19(23(35)16-21)17-30-32-25(36)18-38-29-31-27-26(22-12-8-9-13-24(22)39-27)28(37)34(29)20-10-6-5-7-11-20/h5-7,10-11,14-17,35H,3-4,8-9,12-13,18H2,1-2H3,(H,32,36)/b30-17+. The summed E-state index contributed by atoms with van der Waals surface area (Å²) in [5.41, 5.74) is 5.72. The molecule has 2 heterocycles. The molecular formula is C29H31N5O3S2. The van der Waals surface area contributed by atoms with E-state index in [0.29, 0.717) is 16.1 Å². The maximum Gasteiger partial charge on any atom is 0.267 e. The fourth-order valence-corrected chi connectivity index (χ4v) is 6.96. The van der Waals surface area contributed by atoms with Gasteiger partial charge < -0.3 is 10.0 Å². The summed E-state index contributed by atoms with van der Waals surface area (Å²) in [5, 5.41) is 15.6. The number of aryl methyl sites for hydroxylation is 2. The number of amides is 1. The second kappa shape index (κ2) is 12.0. The predicted octanol–water partition coefficient (Wildman–Crippen LogP) is 5.12. The Labute approximate surface area is 235 Å². The number of hydrogen-bond acceptors (Lipinski definition) is 8. The number of carbonyl (C=O) groups is 1. The van der Waals surface area contributed by atoms with Crippen LogP contribution in [0.15, 0.2) is 63.6 Å². The Hall–Kier alpha value is -3.63. The summed E-state index contributed by atoms with van der Waals surface area (Å²) in [6, 6.07) is 14.8. The first-order valence-corrected chi connectivity index (χ1v) is 15.0. The molecule has 0 radical (unpaired) electrons. The van der Waals surface area contributed by atoms with E-state index < -0.39 is 0 Å². The summed E-state index contributed by atoms with van der Waals surface area (Å²) in [6.07, 6.45) is 5.52. The predicted molar refractivity (Wildman–Crippen MR) is 160 cm³/mol. The molecule has 0 aliphatic heterocycles. The summed E-state index contributed by atoms with van der Waals surface area (Å²) in [5.74, 6) is -0.218. The van der Waals surface area contributed by atoms with E-state index in [9.17, 15) is 14.7 Å². The zero-order valence-electron chi connectivity index (χ0n) is 22.0. The molecule has 5 rings (SSSR count). The molecule has 1 amide bonds. The molecule has 0 fully saturated rings. The number of para-hydroxylation sites is 1. The Morgan fingerprint density at radius 3 is 2.69 bits per heavy atom. The number of benzene rings is 2. The number of anilines is 1. The van der Waals surface area contributed by atoms with Crippen LogP contribution in [0.4, 0.5) is 5.69 Å². The monoisotopic (exact) mass is 561 g/mol. The first-order valence-electron chi connectivity index (χ1n) is 13.2. The van der Waals surface area contributed by atoms with Gasteiger partial charge in [0.15, 0.2) is 5.16 Å². The number of carbonyl (C=O) groups excluding carboxylic acids is 1. The van der Waals surface area contributed by atoms with Gasteiger partial charge in [-0.25, -0.2) is 10.4 Å². The molecule has 2 aromatic carbocycles. The first kappa shape index (κ1) is 27.0. The van der Waals surface area contributed by atoms with Crippen LogP contribution in [-0.2, 0) is 17.6 Å². The highest BCUT2D eigenvalue weighted by Crippen LogP contribution is 2.35. The number of phenolic OH excluding ortho intramolecular Hbond substituents is 1. The molecule has 1 aliphatic rings. The molecule has 0 saturated heterocycles. The molecule has 1 aliphatic carbocycles. The number of nitrogens with zero attached hydrogens (tertiary/aromatic N) is 4. The van der Waals surface area contributed by atoms with Gasteiger partial charge in [-0.15, -0.1) is 11.3 Å². The van der Waals surface area contributed by atoms with Crippen molar-refractivity contribution in [3.05, 3.63) is 74.9 Å². The fraction of sp³-hybridized carbons (Fsp3) is 0.310. The van der Waals surface area contributed by atoms with Crippen molar-refractivity contribution in [3.63, 3.8) is 0 Å². The molecule has 0 bridgehead atoms. The molecule has 0 spiro atoms. The van der Waals surface area contributed by atoms with Crippen molar-refractivity contribution in [2.24, 2.45) is 5.10 Å². The second-order valence-corrected chi connectivity index (χ2v) is 11.3. The third-order valence-electron chi connectivity index (χ3n) is 6.84. The summed E-state index contributed by atoms with van der Waals surface area (Å²) >= 11 is 2.80. The Bertz CT molecular complexity index is 1580. The molecule has 8 nitrogen and oxygen atoms in total. The van der Waals surface area contributed by atoms with Crippen LogP contribution in [0, 0.1) is 0 Å². The lowest BCUT2D eigenvalue weighted by molar-refractivity contribution is -0.118. The van der Waals surface area contributed by atoms with Gasteiger partial charge in [0, 0.05) is 35.3 Å². The first-order chi connectivity index (χ1) is 19.0. The van der Waals surface area contributed by atoms with Gasteiger partial charge in [0.1, 0.15) is 10.6 Å². The van der Waals surface area contributed by atoms with E-state index in [4.69, 9.17) is 4.98 Å². The van der Waals surface area contributed by atoms with Crippen molar-refractivity contribution in [2.45, 2.75) is 44.7 Å². The Kier molecular flexibility index (Phi) is 8.33. The van der Waals surface area contributed by atoms with Crippen molar-refractivity contribution < 1.29 is 9.90 Å². The molecule has 0 unspecified atom stereocenters. The van der Waals surface area contributed by atoms with Crippen molar-refractivity contribution in [3.8, 4) is 11.4 Å². The van der Waals surface area contributed by atoms with Crippen molar-refractivity contribution in [1.82, 2.24) is 15.0 Å². The van der Waals surface area contributed by atoms with E-state index in [2.05, 4.69) is 29.3 Å². The zero-order chi connectivity index (χ0) is 27.4. The normalized spacial score (nSPS) is 13.1. The van der Waals surface area contributed by atoms with Crippen molar-refractivity contribution in [2.75, 3.05) is 23.7 Å². The number of hydrogen-bond donors (Lipinski definition) is 2. The van der Waals surface area contributed by atoms with Crippen LogP contribution < -0.4 is 15.9 Å². The fourth-order valence-electron chi connectivity index (χ4n) is 4.85. The number of aromatic hydroxyl groups is 1. The summed E-state index contributed by atoms with van der Waals surface area (Å²) in [7, 11) is 0. The third kappa shape index (κ3) is 5.72. The van der Waals surface area contributed by atoms with E-state index in [1.807, 2.05) is 36.4 Å². The van der Waals surface area contributed by atoms with E-state index in [1.165, 1.54) is 22.9 Å². The van der Waals surface area contributed by atoms with Crippen LogP contribution in [0.2, 0.25) is 0 Å². The van der Waals surface area contributed by atoms with Crippen LogP contribution in [0.1, 0.15) is 42.7 Å². The lowest BCUT2D eigenvalue weighted by atomic mass is 9.97. The van der Waals surface area contributed by atoms with Gasteiger partial charge in [-0.1, -0.05) is 30.0 Å². The SMILES string of the molecule is CCN(CC)c1ccc(/C=N/NC(=O)CSc2nc3sc4c(c3c(=O)n2-c2ccccc2)CCCC4)c(O)c1. The van der Waals surface area contributed by atoms with Crippen LogP contribution in [0.3, 0.4) is 0 Å². The number of aromatic nitrogens is 2. The largest absolute Gasteiger partial charge is 0.507 e. The number of hydrazone groups is 1. The van der Waals surface area contributed by atoms with Crippen LogP contribution in [0.5, 0.6) is 5.75 Å². The summed E-state index contributed by atoms with van der Waals surface area (Å²) in [4.78, 5) is 35.4. The lowest BCUT2D eigenvalue weighted by Gasteiger charge is -2.21. The van der Waals surface area contributed by atoms with Gasteiger partial charge >= 0.3 is 0 Å². The van der Waals surface area contributed by atoms with Crippen LogP contribution >= 0.6 is 23.1 Å². The van der Waals surface area contributed by atoms with Gasteiger partial charge in [0.2, 0.25) is 0 Å². The average Bonchev–Trinajstić information content (AvgIpc) is 3.33. The minimum absolute atomic E-state index is 0.0279. The minimum Gasteiger partial charge on any atom is -0.507 e. The van der Waals surface area contributed by atoms with E-state index in [1.54, 1.807) is 28.0 Å². The number of fused-ring (bicyclic) bond motifs is 3. The quantitative estimate of drug-likeness (QED) is 0.127. The maximum atomic E-state index is 13.8. The highest BCUT2D eigenvalue weighted by molar-refractivity contribution is 7.99. The number of nitrogens with one attached hydrogen (secondary N) is 1. The molecule has 0 saturated carbocycles. The number of thiophene rings is 1. The van der Waals surface area contributed by atoms with Gasteiger partial charge in [-0.3, -0.25) is 14.2 Å². The van der Waals surface area contributed by atoms with E-state index in [-0.39, 0.29) is 23.0 Å². The van der Waals surface area contributed by atoms with E-state index >= 15 is 0 Å². The topological polar surface area (TPSA) is 99.8 Å². The summed E-state index contributed by atoms with van der Waals surface area (Å²) in [6.45, 7) is 5.80. The molecule has 4 aromatic rings. The third-order valence-corrected chi connectivity index (χ3v) is 8.96. The van der Waals surface area contributed by atoms with E-state index in [0.717, 1.165) is 60.5 Å². The maximum absolute atomic E-state index is 13.8. The smallest absolute Gasteiger partial charge is 0.267 e. The highest BCUT2D eigenvalue weighted by Gasteiger charge is 2.23. The Morgan fingerprint density at radius 2 is 1.95 bits per heavy atom. The number of thioether (sulfide) groups is 1. The van der Waals surface area contributed by atoms with Crippen LogP contribution in [0.25, 0.3) is 15.9 Å². The highest BCUT2D eigenvalue weighted by atomic mass is 32.2. The Balaban J connectivity index is 1.34. The minimum atomic E-state index is -0.338. The molecule has 10 heteroatoms. The number of rotatable bonds is 9. The molecule has 0 atom stereocenters. The average molecular weight is 562 g/mol. The van der Waals surface area contributed by atoms with Gasteiger partial charge in [-0.05, 0) is 69.4 Å². The number of phenols is 1. The molecular weight excluding hydrogens is 530 g/mol. The van der Waals surface area contributed by atoms with Crippen molar-refractivity contribution >= 4 is 51.1 Å². The Morgan fingerprint density at radius 1 is 1.18 bits per heavy atom. The zero-order valence-corrected chi connectivity index (χ0v) is 23.6. The molecule has 2 N–H and O–H groups in total. The molecule has 2 aromatic heterocycles. The van der Waals surface area contributed by atoms with Gasteiger partial charge in [0.05, 0.1) is 23.0 Å². The second-order valence-electron chi connectivity index (χ2n) is 9.26. The van der Waals surface area contributed by atoms with Crippen molar-refractivity contribution in [1.29, 1.82) is 0 Å².